The van der Waals surface area contributed by atoms with Crippen molar-refractivity contribution in [3.8, 4) is 6.07 Å². The van der Waals surface area contributed by atoms with E-state index in [9.17, 15) is 9.59 Å². The van der Waals surface area contributed by atoms with Crippen molar-refractivity contribution >= 4 is 11.9 Å². The summed E-state index contributed by atoms with van der Waals surface area (Å²) in [5, 5.41) is 10.9. The standard InChI is InChI=1S/C15H17N3O2/c1-15(12-8-4-2-5-9-12)13(19)17-14(20)18(15)11-7-3-6-10-16/h2,4-5,8-9H,3,6-7,11H2,1H3,(H,17,19,20). The zero-order chi connectivity index (χ0) is 14.6. The number of carbonyl (C=O) groups excluding carboxylic acids is 2. The SMILES string of the molecule is CC1(c2ccccc2)C(=O)NC(=O)N1CCCCC#N. The summed E-state index contributed by atoms with van der Waals surface area (Å²) in [7, 11) is 0. The van der Waals surface area contributed by atoms with Crippen LogP contribution in [0.4, 0.5) is 4.79 Å². The number of nitrogens with zero attached hydrogens (tertiary/aromatic N) is 2. The number of unbranched alkanes of at least 4 members (excludes halogenated alkanes) is 2. The van der Waals surface area contributed by atoms with Gasteiger partial charge in [-0.25, -0.2) is 4.79 Å². The number of nitrogens with one attached hydrogen (secondary N) is 1. The molecule has 5 heteroatoms. The van der Waals surface area contributed by atoms with Gasteiger partial charge >= 0.3 is 6.03 Å². The minimum Gasteiger partial charge on any atom is -0.306 e. The molecule has 1 unspecified atom stereocenters. The van der Waals surface area contributed by atoms with E-state index in [1.165, 1.54) is 0 Å². The zero-order valence-corrected chi connectivity index (χ0v) is 11.4. The van der Waals surface area contributed by atoms with Crippen LogP contribution in [0.15, 0.2) is 30.3 Å². The topological polar surface area (TPSA) is 73.2 Å². The Morgan fingerprint density at radius 1 is 1.25 bits per heavy atom. The van der Waals surface area contributed by atoms with E-state index in [4.69, 9.17) is 5.26 Å². The van der Waals surface area contributed by atoms with Crippen molar-refractivity contribution in [2.24, 2.45) is 0 Å². The van der Waals surface area contributed by atoms with Crippen molar-refractivity contribution in [1.82, 2.24) is 10.2 Å². The Hall–Kier alpha value is -2.35. The summed E-state index contributed by atoms with van der Waals surface area (Å²) in [6, 6.07) is 11.0. The molecule has 1 aromatic rings. The van der Waals surface area contributed by atoms with Crippen LogP contribution in [0.5, 0.6) is 0 Å². The highest BCUT2D eigenvalue weighted by atomic mass is 16.2. The fourth-order valence-corrected chi connectivity index (χ4v) is 2.46. The number of amides is 3. The van der Waals surface area contributed by atoms with E-state index in [1.807, 2.05) is 30.3 Å². The molecule has 1 aliphatic rings. The van der Waals surface area contributed by atoms with Crippen LogP contribution in [0, 0.1) is 11.3 Å². The van der Waals surface area contributed by atoms with Gasteiger partial charge in [-0.05, 0) is 25.3 Å². The summed E-state index contributed by atoms with van der Waals surface area (Å²) >= 11 is 0. The van der Waals surface area contributed by atoms with E-state index < -0.39 is 5.54 Å². The van der Waals surface area contributed by atoms with E-state index in [0.717, 1.165) is 12.0 Å². The van der Waals surface area contributed by atoms with Crippen LogP contribution in [0.1, 0.15) is 31.7 Å². The first-order valence-electron chi connectivity index (χ1n) is 6.66. The van der Waals surface area contributed by atoms with Gasteiger partial charge in [-0.15, -0.1) is 0 Å². The molecule has 0 spiro atoms. The van der Waals surface area contributed by atoms with Crippen molar-refractivity contribution in [1.29, 1.82) is 5.26 Å². The molecule has 0 aliphatic carbocycles. The molecule has 1 N–H and O–H groups in total. The maximum Gasteiger partial charge on any atom is 0.325 e. The minimum absolute atomic E-state index is 0.297. The second-order valence-corrected chi connectivity index (χ2v) is 4.96. The van der Waals surface area contributed by atoms with Crippen molar-refractivity contribution in [3.63, 3.8) is 0 Å². The third kappa shape index (κ3) is 2.37. The van der Waals surface area contributed by atoms with Gasteiger partial charge in [0.2, 0.25) is 0 Å². The van der Waals surface area contributed by atoms with Gasteiger partial charge in [0, 0.05) is 13.0 Å². The second-order valence-electron chi connectivity index (χ2n) is 4.96. The van der Waals surface area contributed by atoms with Crippen LogP contribution in [-0.4, -0.2) is 23.4 Å². The molecule has 0 saturated carbocycles. The third-order valence-electron chi connectivity index (χ3n) is 3.70. The highest BCUT2D eigenvalue weighted by molar-refractivity contribution is 6.07. The van der Waals surface area contributed by atoms with E-state index >= 15 is 0 Å². The molecule has 1 saturated heterocycles. The maximum absolute atomic E-state index is 12.2. The van der Waals surface area contributed by atoms with Gasteiger partial charge < -0.3 is 4.90 Å². The Kier molecular flexibility index (Phi) is 4.04. The number of benzene rings is 1. The summed E-state index contributed by atoms with van der Waals surface area (Å²) in [5.74, 6) is -0.297. The van der Waals surface area contributed by atoms with Crippen LogP contribution < -0.4 is 5.32 Å². The van der Waals surface area contributed by atoms with Crippen LogP contribution in [0.3, 0.4) is 0 Å². The number of hydrogen-bond donors (Lipinski definition) is 1. The average molecular weight is 271 g/mol. The highest BCUT2D eigenvalue weighted by Crippen LogP contribution is 2.32. The molecular weight excluding hydrogens is 254 g/mol. The summed E-state index contributed by atoms with van der Waals surface area (Å²) in [5.41, 5.74) is -0.172. The molecule has 20 heavy (non-hydrogen) atoms. The largest absolute Gasteiger partial charge is 0.325 e. The van der Waals surface area contributed by atoms with Crippen LogP contribution in [-0.2, 0) is 10.3 Å². The number of carbonyl (C=O) groups is 2. The first-order chi connectivity index (χ1) is 9.60. The first-order valence-corrected chi connectivity index (χ1v) is 6.66. The minimum atomic E-state index is -0.967. The Balaban J connectivity index is 2.22. The fraction of sp³-hybridized carbons (Fsp3) is 0.400. The average Bonchev–Trinajstić information content (AvgIpc) is 2.68. The number of rotatable bonds is 5. The quantitative estimate of drug-likeness (QED) is 0.658. The lowest BCUT2D eigenvalue weighted by Gasteiger charge is -2.32. The summed E-state index contributed by atoms with van der Waals surface area (Å²) in [6.07, 6.45) is 1.89. The van der Waals surface area contributed by atoms with Gasteiger partial charge in [-0.3, -0.25) is 10.1 Å². The molecule has 3 amide bonds. The molecule has 104 valence electrons. The Bertz CT molecular complexity index is 550. The lowest BCUT2D eigenvalue weighted by molar-refractivity contribution is -0.126. The summed E-state index contributed by atoms with van der Waals surface area (Å²) < 4.78 is 0. The Morgan fingerprint density at radius 2 is 1.95 bits per heavy atom. The van der Waals surface area contributed by atoms with Crippen LogP contribution in [0.25, 0.3) is 0 Å². The van der Waals surface area contributed by atoms with E-state index in [1.54, 1.807) is 11.8 Å². The Morgan fingerprint density at radius 3 is 2.60 bits per heavy atom. The van der Waals surface area contributed by atoms with Crippen molar-refractivity contribution in [2.75, 3.05) is 6.54 Å². The molecule has 0 bridgehead atoms. The van der Waals surface area contributed by atoms with Gasteiger partial charge in [0.25, 0.3) is 5.91 Å². The lowest BCUT2D eigenvalue weighted by atomic mass is 9.90. The van der Waals surface area contributed by atoms with Crippen LogP contribution in [0.2, 0.25) is 0 Å². The second kappa shape index (κ2) is 5.74. The summed E-state index contributed by atoms with van der Waals surface area (Å²) in [4.78, 5) is 25.7. The van der Waals surface area contributed by atoms with E-state index in [0.29, 0.717) is 19.4 Å². The van der Waals surface area contributed by atoms with Gasteiger partial charge in [-0.2, -0.15) is 5.26 Å². The predicted octanol–water partition coefficient (Wildman–Crippen LogP) is 2.15. The maximum atomic E-state index is 12.2. The number of imide groups is 1. The van der Waals surface area contributed by atoms with Gasteiger partial charge in [0.15, 0.2) is 0 Å². The zero-order valence-electron chi connectivity index (χ0n) is 11.4. The molecule has 1 fully saturated rings. The molecule has 1 aromatic carbocycles. The first kappa shape index (κ1) is 14.1. The number of urea groups is 1. The normalized spacial score (nSPS) is 21.7. The van der Waals surface area contributed by atoms with Gasteiger partial charge in [0.05, 0.1) is 6.07 Å². The summed E-state index contributed by atoms with van der Waals surface area (Å²) in [6.45, 7) is 2.22. The van der Waals surface area contributed by atoms with Crippen molar-refractivity contribution in [3.05, 3.63) is 35.9 Å². The molecular formula is C15H17N3O2. The van der Waals surface area contributed by atoms with E-state index in [2.05, 4.69) is 11.4 Å². The molecule has 1 heterocycles. The monoisotopic (exact) mass is 271 g/mol. The molecule has 0 aromatic heterocycles. The molecule has 5 nitrogen and oxygen atoms in total. The van der Waals surface area contributed by atoms with Crippen LogP contribution >= 0.6 is 0 Å². The predicted molar refractivity (Wildman–Crippen MR) is 73.5 cm³/mol. The molecule has 0 radical (unpaired) electrons. The highest BCUT2D eigenvalue weighted by Gasteiger charge is 2.49. The third-order valence-corrected chi connectivity index (χ3v) is 3.70. The number of nitriles is 1. The fourth-order valence-electron chi connectivity index (χ4n) is 2.46. The van der Waals surface area contributed by atoms with Gasteiger partial charge in [0.1, 0.15) is 5.54 Å². The molecule has 1 aliphatic heterocycles. The molecule has 1 atom stereocenters. The molecule has 2 rings (SSSR count). The number of hydrogen-bond acceptors (Lipinski definition) is 3. The smallest absolute Gasteiger partial charge is 0.306 e. The lowest BCUT2D eigenvalue weighted by Crippen LogP contribution is -2.44. The van der Waals surface area contributed by atoms with Crippen molar-refractivity contribution < 1.29 is 9.59 Å². The Labute approximate surface area is 118 Å². The van der Waals surface area contributed by atoms with Gasteiger partial charge in [-0.1, -0.05) is 30.3 Å². The van der Waals surface area contributed by atoms with Crippen molar-refractivity contribution in [2.45, 2.75) is 31.7 Å². The van der Waals surface area contributed by atoms with E-state index in [-0.39, 0.29) is 11.9 Å².